The van der Waals surface area contributed by atoms with E-state index in [9.17, 15) is 0 Å². The lowest BCUT2D eigenvalue weighted by Crippen LogP contribution is -2.47. The van der Waals surface area contributed by atoms with Gasteiger partial charge in [0.1, 0.15) is 0 Å². The topological polar surface area (TPSA) is 41.5 Å². The van der Waals surface area contributed by atoms with Gasteiger partial charge in [0, 0.05) is 6.61 Å². The predicted octanol–water partition coefficient (Wildman–Crippen LogP) is 1.55. The summed E-state index contributed by atoms with van der Waals surface area (Å²) in [6.07, 6.45) is 4.91. The number of likely N-dealkylation sites (N-methyl/N-ethyl adjacent to an activating group) is 1. The Morgan fingerprint density at radius 3 is 2.50 bits per heavy atom. The molecule has 0 fully saturated rings. The molecule has 86 valence electrons. The van der Waals surface area contributed by atoms with Crippen molar-refractivity contribution in [3.63, 3.8) is 0 Å². The van der Waals surface area contributed by atoms with E-state index in [2.05, 4.69) is 12.2 Å². The summed E-state index contributed by atoms with van der Waals surface area (Å²) < 4.78 is 5.50. The molecule has 0 bridgehead atoms. The maximum Gasteiger partial charge on any atom is 0.0667 e. The molecule has 0 aliphatic carbocycles. The van der Waals surface area contributed by atoms with Crippen LogP contribution in [-0.2, 0) is 4.74 Å². The molecule has 0 aromatic carbocycles. The monoisotopic (exact) mass is 203 g/mol. The molecule has 0 saturated carbocycles. The van der Waals surface area contributed by atoms with E-state index in [-0.39, 0.29) is 12.1 Å². The molecule has 0 aromatic heterocycles. The summed E-state index contributed by atoms with van der Waals surface area (Å²) in [5, 5.41) is 12.1. The van der Waals surface area contributed by atoms with Gasteiger partial charge in [0.15, 0.2) is 0 Å². The first-order valence-electron chi connectivity index (χ1n) is 5.56. The summed E-state index contributed by atoms with van der Waals surface area (Å²) in [4.78, 5) is 0. The molecule has 0 radical (unpaired) electrons. The Morgan fingerprint density at radius 1 is 1.29 bits per heavy atom. The second-order valence-electron chi connectivity index (χ2n) is 4.08. The molecule has 0 rings (SSSR count). The standard InChI is InChI=1S/C11H25NO2/c1-4-5-6-7-8-14-10-11(2,9-13)12-3/h12-13H,4-10H2,1-3H3. The van der Waals surface area contributed by atoms with Crippen LogP contribution in [0.5, 0.6) is 0 Å². The molecule has 0 aliphatic heterocycles. The number of nitrogens with one attached hydrogen (secondary N) is 1. The largest absolute Gasteiger partial charge is 0.394 e. The van der Waals surface area contributed by atoms with Crippen LogP contribution in [0.15, 0.2) is 0 Å². The van der Waals surface area contributed by atoms with Crippen molar-refractivity contribution in [3.8, 4) is 0 Å². The maximum atomic E-state index is 9.08. The Labute approximate surface area is 87.8 Å². The molecule has 0 aliphatic rings. The van der Waals surface area contributed by atoms with Gasteiger partial charge in [-0.1, -0.05) is 26.2 Å². The number of rotatable bonds is 9. The predicted molar refractivity (Wildman–Crippen MR) is 59.5 cm³/mol. The Bertz CT molecular complexity index is 124. The minimum Gasteiger partial charge on any atom is -0.394 e. The highest BCUT2D eigenvalue weighted by molar-refractivity contribution is 4.79. The van der Waals surface area contributed by atoms with Gasteiger partial charge in [0.2, 0.25) is 0 Å². The zero-order valence-corrected chi connectivity index (χ0v) is 9.81. The number of aliphatic hydroxyl groups is 1. The number of hydrogen-bond donors (Lipinski definition) is 2. The van der Waals surface area contributed by atoms with Crippen LogP contribution in [0.1, 0.15) is 39.5 Å². The minimum atomic E-state index is -0.287. The molecular weight excluding hydrogens is 178 g/mol. The average molecular weight is 203 g/mol. The smallest absolute Gasteiger partial charge is 0.0667 e. The van der Waals surface area contributed by atoms with Gasteiger partial charge in [0.25, 0.3) is 0 Å². The van der Waals surface area contributed by atoms with Crippen LogP contribution >= 0.6 is 0 Å². The van der Waals surface area contributed by atoms with Crippen LogP contribution in [-0.4, -0.2) is 37.5 Å². The quantitative estimate of drug-likeness (QED) is 0.559. The van der Waals surface area contributed by atoms with Gasteiger partial charge in [-0.3, -0.25) is 0 Å². The third-order valence-electron chi connectivity index (χ3n) is 2.52. The van der Waals surface area contributed by atoms with E-state index in [0.29, 0.717) is 6.61 Å². The second kappa shape index (κ2) is 8.21. The molecule has 14 heavy (non-hydrogen) atoms. The summed E-state index contributed by atoms with van der Waals surface area (Å²) in [6, 6.07) is 0. The Balaban J connectivity index is 3.34. The summed E-state index contributed by atoms with van der Waals surface area (Å²) in [6.45, 7) is 5.64. The van der Waals surface area contributed by atoms with Gasteiger partial charge < -0.3 is 15.2 Å². The average Bonchev–Trinajstić information content (AvgIpc) is 2.23. The normalized spacial score (nSPS) is 15.4. The van der Waals surface area contributed by atoms with Gasteiger partial charge >= 0.3 is 0 Å². The van der Waals surface area contributed by atoms with Crippen molar-refractivity contribution < 1.29 is 9.84 Å². The maximum absolute atomic E-state index is 9.08. The Kier molecular flexibility index (Phi) is 8.14. The first-order chi connectivity index (χ1) is 6.68. The van der Waals surface area contributed by atoms with Gasteiger partial charge in [0.05, 0.1) is 18.8 Å². The van der Waals surface area contributed by atoms with Crippen molar-refractivity contribution in [2.45, 2.75) is 45.1 Å². The second-order valence-corrected chi connectivity index (χ2v) is 4.08. The van der Waals surface area contributed by atoms with Crippen molar-refractivity contribution in [2.24, 2.45) is 0 Å². The van der Waals surface area contributed by atoms with Gasteiger partial charge in [-0.2, -0.15) is 0 Å². The fraction of sp³-hybridized carbons (Fsp3) is 1.00. The van der Waals surface area contributed by atoms with Gasteiger partial charge in [-0.05, 0) is 20.4 Å². The molecule has 1 unspecified atom stereocenters. The molecule has 0 saturated heterocycles. The fourth-order valence-corrected chi connectivity index (χ4v) is 1.13. The SMILES string of the molecule is CCCCCCOCC(C)(CO)NC. The summed E-state index contributed by atoms with van der Waals surface area (Å²) in [5.41, 5.74) is -0.287. The van der Waals surface area contributed by atoms with Crippen LogP contribution in [0.4, 0.5) is 0 Å². The lowest BCUT2D eigenvalue weighted by atomic mass is 10.1. The lowest BCUT2D eigenvalue weighted by molar-refractivity contribution is 0.0465. The van der Waals surface area contributed by atoms with E-state index in [1.54, 1.807) is 0 Å². The molecule has 0 spiro atoms. The fourth-order valence-electron chi connectivity index (χ4n) is 1.13. The number of ether oxygens (including phenoxy) is 1. The highest BCUT2D eigenvalue weighted by atomic mass is 16.5. The molecule has 3 heteroatoms. The van der Waals surface area contributed by atoms with Crippen LogP contribution in [0.2, 0.25) is 0 Å². The lowest BCUT2D eigenvalue weighted by Gasteiger charge is -2.26. The minimum absolute atomic E-state index is 0.110. The Hall–Kier alpha value is -0.120. The molecule has 2 N–H and O–H groups in total. The van der Waals surface area contributed by atoms with E-state index in [0.717, 1.165) is 13.0 Å². The first kappa shape index (κ1) is 13.9. The highest BCUT2D eigenvalue weighted by Crippen LogP contribution is 2.04. The van der Waals surface area contributed by atoms with Crippen molar-refractivity contribution in [3.05, 3.63) is 0 Å². The summed E-state index contributed by atoms with van der Waals surface area (Å²) >= 11 is 0. The van der Waals surface area contributed by atoms with Gasteiger partial charge in [-0.15, -0.1) is 0 Å². The first-order valence-corrected chi connectivity index (χ1v) is 5.56. The van der Waals surface area contributed by atoms with E-state index >= 15 is 0 Å². The third-order valence-corrected chi connectivity index (χ3v) is 2.52. The molecule has 1 atom stereocenters. The number of unbranched alkanes of at least 4 members (excludes halogenated alkanes) is 3. The van der Waals surface area contributed by atoms with Crippen LogP contribution in [0.25, 0.3) is 0 Å². The van der Waals surface area contributed by atoms with E-state index in [4.69, 9.17) is 9.84 Å². The number of hydrogen-bond acceptors (Lipinski definition) is 3. The van der Waals surface area contributed by atoms with Crippen LogP contribution < -0.4 is 5.32 Å². The zero-order valence-electron chi connectivity index (χ0n) is 9.81. The molecule has 3 nitrogen and oxygen atoms in total. The summed E-state index contributed by atoms with van der Waals surface area (Å²) in [5.74, 6) is 0. The molecule has 0 amide bonds. The van der Waals surface area contributed by atoms with E-state index in [1.807, 2.05) is 14.0 Å². The van der Waals surface area contributed by atoms with Crippen molar-refractivity contribution >= 4 is 0 Å². The molecule has 0 heterocycles. The van der Waals surface area contributed by atoms with Crippen molar-refractivity contribution in [1.82, 2.24) is 5.32 Å². The van der Waals surface area contributed by atoms with Crippen molar-refractivity contribution in [1.29, 1.82) is 0 Å². The van der Waals surface area contributed by atoms with E-state index < -0.39 is 0 Å². The molecule has 0 aromatic rings. The summed E-state index contributed by atoms with van der Waals surface area (Å²) in [7, 11) is 1.84. The van der Waals surface area contributed by atoms with Crippen molar-refractivity contribution in [2.75, 3.05) is 26.9 Å². The highest BCUT2D eigenvalue weighted by Gasteiger charge is 2.20. The third kappa shape index (κ3) is 6.35. The number of aliphatic hydroxyl groups excluding tert-OH is 1. The van der Waals surface area contributed by atoms with Gasteiger partial charge in [-0.25, -0.2) is 0 Å². The van der Waals surface area contributed by atoms with Crippen LogP contribution in [0, 0.1) is 0 Å². The van der Waals surface area contributed by atoms with E-state index in [1.165, 1.54) is 19.3 Å². The zero-order chi connectivity index (χ0) is 10.9. The van der Waals surface area contributed by atoms with Crippen LogP contribution in [0.3, 0.4) is 0 Å². The Morgan fingerprint density at radius 2 is 2.00 bits per heavy atom. The molecular formula is C11H25NO2.